The molecule has 2 fully saturated rings. The van der Waals surface area contributed by atoms with Gasteiger partial charge in [-0.3, -0.25) is 0 Å². The fraction of sp³-hybridized carbons (Fsp3) is 0.600. The molecule has 4 aliphatic rings. The Kier molecular flexibility index (Phi) is 5.72. The molecule has 4 heterocycles. The van der Waals surface area contributed by atoms with Crippen molar-refractivity contribution >= 4 is 11.9 Å². The second-order valence-electron chi connectivity index (χ2n) is 9.88. The average Bonchev–Trinajstić information content (AvgIpc) is 3.21. The number of hydrogen-bond acceptors (Lipinski definition) is 7. The number of benzene rings is 1. The minimum absolute atomic E-state index is 0.120. The summed E-state index contributed by atoms with van der Waals surface area (Å²) in [7, 11) is 0. The van der Waals surface area contributed by atoms with E-state index in [1.807, 2.05) is 19.1 Å². The van der Waals surface area contributed by atoms with Gasteiger partial charge in [-0.15, -0.1) is 0 Å². The maximum Gasteiger partial charge on any atom is 0.338 e. The Morgan fingerprint density at radius 1 is 1.12 bits per heavy atom. The van der Waals surface area contributed by atoms with Crippen LogP contribution in [-0.2, 0) is 20.7 Å². The molecule has 0 aliphatic carbocycles. The molecule has 0 radical (unpaired) electrons. The van der Waals surface area contributed by atoms with E-state index in [-0.39, 0.29) is 18.0 Å². The third kappa shape index (κ3) is 4.28. The maximum absolute atomic E-state index is 12.0. The molecular formula is C25H32N2O5. The summed E-state index contributed by atoms with van der Waals surface area (Å²) in [5.41, 5.74) is 3.87. The predicted octanol–water partition coefficient (Wildman–Crippen LogP) is 2.44. The van der Waals surface area contributed by atoms with Gasteiger partial charge in [0, 0.05) is 32.1 Å². The Morgan fingerprint density at radius 2 is 1.84 bits per heavy atom. The van der Waals surface area contributed by atoms with Crippen LogP contribution in [0.4, 0.5) is 0 Å². The summed E-state index contributed by atoms with van der Waals surface area (Å²) in [6.07, 6.45) is 6.24. The normalized spacial score (nSPS) is 26.4. The number of likely N-dealkylation sites (tertiary alicyclic amines) is 2. The largest absolute Gasteiger partial charge is 0.459 e. The number of piperidine rings is 2. The Hall–Kier alpha value is -2.38. The van der Waals surface area contributed by atoms with Gasteiger partial charge < -0.3 is 24.4 Å². The molecule has 1 aromatic carbocycles. The molecule has 5 rings (SSSR count). The highest BCUT2D eigenvalue weighted by atomic mass is 16.5. The topological polar surface area (TPSA) is 79.3 Å². The summed E-state index contributed by atoms with van der Waals surface area (Å²) in [4.78, 5) is 28.0. The molecule has 0 amide bonds. The van der Waals surface area contributed by atoms with Crippen molar-refractivity contribution in [2.45, 2.75) is 51.2 Å². The monoisotopic (exact) mass is 440 g/mol. The Bertz CT molecular complexity index is 924. The fourth-order valence-corrected chi connectivity index (χ4v) is 5.66. The third-order valence-electron chi connectivity index (χ3n) is 7.77. The number of aliphatic hydroxyl groups excluding tert-OH is 1. The van der Waals surface area contributed by atoms with Crippen molar-refractivity contribution in [1.82, 2.24) is 9.80 Å². The summed E-state index contributed by atoms with van der Waals surface area (Å²) in [6, 6.07) is 5.62. The number of fused-ring (bicyclic) bond motifs is 1. The molecule has 0 saturated carbocycles. The van der Waals surface area contributed by atoms with Crippen LogP contribution in [0, 0.1) is 5.41 Å². The lowest BCUT2D eigenvalue weighted by Crippen LogP contribution is -2.47. The van der Waals surface area contributed by atoms with Crippen LogP contribution < -0.4 is 0 Å². The molecule has 172 valence electrons. The van der Waals surface area contributed by atoms with Crippen molar-refractivity contribution in [2.75, 3.05) is 39.3 Å². The lowest BCUT2D eigenvalue weighted by molar-refractivity contribution is -0.135. The van der Waals surface area contributed by atoms with Gasteiger partial charge in [0.2, 0.25) is 0 Å². The van der Waals surface area contributed by atoms with E-state index < -0.39 is 6.10 Å². The Morgan fingerprint density at radius 3 is 2.53 bits per heavy atom. The number of hydrogen-bond donors (Lipinski definition) is 1. The number of β-amino-alcohol motifs (C(OH)–C–C–N with tert-alkyl or cyclic N) is 1. The third-order valence-corrected chi connectivity index (χ3v) is 7.77. The summed E-state index contributed by atoms with van der Waals surface area (Å²) in [5, 5.41) is 10.9. The van der Waals surface area contributed by atoms with E-state index in [4.69, 9.17) is 9.47 Å². The van der Waals surface area contributed by atoms with Gasteiger partial charge in [0.25, 0.3) is 0 Å². The van der Waals surface area contributed by atoms with Gasteiger partial charge >= 0.3 is 11.9 Å². The van der Waals surface area contributed by atoms with Gasteiger partial charge in [-0.25, -0.2) is 9.59 Å². The molecule has 1 N–H and O–H groups in total. The smallest absolute Gasteiger partial charge is 0.338 e. The van der Waals surface area contributed by atoms with E-state index in [0.29, 0.717) is 30.6 Å². The van der Waals surface area contributed by atoms with Crippen LogP contribution in [0.1, 0.15) is 60.2 Å². The highest BCUT2D eigenvalue weighted by Crippen LogP contribution is 2.42. The van der Waals surface area contributed by atoms with Crippen LogP contribution in [0.5, 0.6) is 0 Å². The second kappa shape index (κ2) is 8.52. The minimum Gasteiger partial charge on any atom is -0.459 e. The summed E-state index contributed by atoms with van der Waals surface area (Å²) >= 11 is 0. The molecule has 1 unspecified atom stereocenters. The van der Waals surface area contributed by atoms with Crippen LogP contribution in [0.2, 0.25) is 0 Å². The number of rotatable bonds is 4. The molecule has 7 nitrogen and oxygen atoms in total. The van der Waals surface area contributed by atoms with Crippen molar-refractivity contribution in [2.24, 2.45) is 5.41 Å². The van der Waals surface area contributed by atoms with Crippen LogP contribution in [0.15, 0.2) is 30.0 Å². The number of aliphatic hydroxyl groups is 1. The summed E-state index contributed by atoms with van der Waals surface area (Å²) in [5.74, 6) is -0.490. The average molecular weight is 441 g/mol. The minimum atomic E-state index is -0.559. The van der Waals surface area contributed by atoms with Crippen molar-refractivity contribution in [3.05, 3.63) is 46.7 Å². The van der Waals surface area contributed by atoms with Crippen LogP contribution >= 0.6 is 0 Å². The number of cyclic esters (lactones) is 2. The first-order valence-electron chi connectivity index (χ1n) is 11.8. The van der Waals surface area contributed by atoms with Crippen LogP contribution in [-0.4, -0.2) is 72.3 Å². The predicted molar refractivity (Wildman–Crippen MR) is 118 cm³/mol. The highest BCUT2D eigenvalue weighted by Gasteiger charge is 2.38. The van der Waals surface area contributed by atoms with Gasteiger partial charge in [0.05, 0.1) is 17.4 Å². The van der Waals surface area contributed by atoms with Gasteiger partial charge in [-0.2, -0.15) is 0 Å². The first kappa shape index (κ1) is 21.5. The number of nitrogens with zero attached hydrogens (tertiary/aromatic N) is 2. The van der Waals surface area contributed by atoms with E-state index in [1.54, 1.807) is 12.1 Å². The van der Waals surface area contributed by atoms with Gasteiger partial charge in [0.1, 0.15) is 12.7 Å². The lowest BCUT2D eigenvalue weighted by atomic mass is 9.71. The summed E-state index contributed by atoms with van der Waals surface area (Å²) < 4.78 is 10.4. The number of carbonyl (C=O) groups is 2. The van der Waals surface area contributed by atoms with Crippen molar-refractivity contribution in [3.63, 3.8) is 0 Å². The molecule has 32 heavy (non-hydrogen) atoms. The molecular weight excluding hydrogens is 408 g/mol. The van der Waals surface area contributed by atoms with Gasteiger partial charge in [-0.1, -0.05) is 12.1 Å². The molecule has 4 aliphatic heterocycles. The van der Waals surface area contributed by atoms with E-state index in [2.05, 4.69) is 9.80 Å². The lowest BCUT2D eigenvalue weighted by Gasteiger charge is -2.47. The second-order valence-corrected chi connectivity index (χ2v) is 9.88. The molecule has 1 aromatic rings. The first-order chi connectivity index (χ1) is 15.4. The van der Waals surface area contributed by atoms with Crippen LogP contribution in [0.25, 0.3) is 0 Å². The zero-order valence-electron chi connectivity index (χ0n) is 18.7. The quantitative estimate of drug-likeness (QED) is 0.721. The Labute approximate surface area is 189 Å². The number of carbonyl (C=O) groups excluding carboxylic acids is 2. The van der Waals surface area contributed by atoms with Gasteiger partial charge in [0.15, 0.2) is 0 Å². The van der Waals surface area contributed by atoms with Crippen molar-refractivity contribution < 1.29 is 24.2 Å². The Balaban J connectivity index is 1.14. The number of esters is 2. The molecule has 1 spiro atoms. The highest BCUT2D eigenvalue weighted by molar-refractivity contribution is 5.92. The number of ether oxygens (including phenoxy) is 2. The van der Waals surface area contributed by atoms with Crippen LogP contribution in [0.3, 0.4) is 0 Å². The standard InChI is InChI=1S/C25H32N2O5/c1-17-12-19-13-18(2-3-21(19)24(30)32-17)22(28)15-26-8-4-25(5-9-26)6-10-27(11-7-25)20-14-23(29)31-16-20/h2-3,13-14,17,22,28H,4-12,15-16H2,1H3/t17-,22?/m1/s1. The zero-order chi connectivity index (χ0) is 22.3. The van der Waals surface area contributed by atoms with Gasteiger partial charge in [-0.05, 0) is 68.3 Å². The fourth-order valence-electron chi connectivity index (χ4n) is 5.66. The van der Waals surface area contributed by atoms with Crippen molar-refractivity contribution in [1.29, 1.82) is 0 Å². The molecule has 0 aromatic heterocycles. The van der Waals surface area contributed by atoms with Crippen molar-refractivity contribution in [3.8, 4) is 0 Å². The van der Waals surface area contributed by atoms with E-state index >= 15 is 0 Å². The first-order valence-corrected chi connectivity index (χ1v) is 11.8. The van der Waals surface area contributed by atoms with E-state index in [0.717, 1.165) is 68.7 Å². The van der Waals surface area contributed by atoms with E-state index in [9.17, 15) is 14.7 Å². The molecule has 7 heteroatoms. The zero-order valence-corrected chi connectivity index (χ0v) is 18.7. The SMILES string of the molecule is C[C@@H]1Cc2cc(C(O)CN3CCC4(CC3)CCN(C3=CC(=O)OC3)CC4)ccc2C(=O)O1. The molecule has 2 atom stereocenters. The molecule has 2 saturated heterocycles. The maximum atomic E-state index is 12.0. The molecule has 0 bridgehead atoms. The summed E-state index contributed by atoms with van der Waals surface area (Å²) in [6.45, 7) is 6.90. The van der Waals surface area contributed by atoms with E-state index in [1.165, 1.54) is 0 Å².